The highest BCUT2D eigenvalue weighted by atomic mass is 19.4. The lowest BCUT2D eigenvalue weighted by Gasteiger charge is -2.31. The van der Waals surface area contributed by atoms with E-state index < -0.39 is 53.1 Å². The quantitative estimate of drug-likeness (QED) is 0.172. The Morgan fingerprint density at radius 2 is 1.76 bits per heavy atom. The molecule has 2 aliphatic heterocycles. The predicted molar refractivity (Wildman–Crippen MR) is 172 cm³/mol. The summed E-state index contributed by atoms with van der Waals surface area (Å²) in [6.45, 7) is 3.84. The van der Waals surface area contributed by atoms with Gasteiger partial charge in [-0.05, 0) is 74.9 Å². The van der Waals surface area contributed by atoms with Gasteiger partial charge < -0.3 is 36.3 Å². The van der Waals surface area contributed by atoms with Crippen LogP contribution >= 0.6 is 0 Å². The molecule has 2 aromatic heterocycles. The zero-order valence-electron chi connectivity index (χ0n) is 27.0. The van der Waals surface area contributed by atoms with Gasteiger partial charge in [0, 0.05) is 27.8 Å². The lowest BCUT2D eigenvalue weighted by molar-refractivity contribution is -0.265. The van der Waals surface area contributed by atoms with Crippen molar-refractivity contribution in [3.8, 4) is 17.0 Å². The van der Waals surface area contributed by atoms with Crippen LogP contribution in [0, 0.1) is 19.7 Å². The van der Waals surface area contributed by atoms with Crippen molar-refractivity contribution in [2.75, 3.05) is 31.7 Å². The number of benzene rings is 2. The van der Waals surface area contributed by atoms with E-state index in [9.17, 15) is 37.1 Å². The third-order valence-corrected chi connectivity index (χ3v) is 8.98. The lowest BCUT2D eigenvalue weighted by Crippen LogP contribution is -2.52. The summed E-state index contributed by atoms with van der Waals surface area (Å²) >= 11 is 0. The number of aryl methyl sites for hydroxylation is 2. The second-order valence-electron chi connectivity index (χ2n) is 12.6. The fraction of sp³-hybridized carbons (Fsp3) is 0.324. The summed E-state index contributed by atoms with van der Waals surface area (Å²) in [5.74, 6) is -2.60. The topological polar surface area (TPSA) is 178 Å². The molecule has 262 valence electrons. The number of aromatic nitrogens is 2. The van der Waals surface area contributed by atoms with E-state index in [0.717, 1.165) is 23.8 Å². The van der Waals surface area contributed by atoms with Gasteiger partial charge in [0.2, 0.25) is 11.5 Å². The molecule has 0 radical (unpaired) electrons. The van der Waals surface area contributed by atoms with Gasteiger partial charge in [0.1, 0.15) is 29.3 Å². The Morgan fingerprint density at radius 1 is 1.06 bits per heavy atom. The zero-order valence-corrected chi connectivity index (χ0v) is 27.0. The van der Waals surface area contributed by atoms with Crippen LogP contribution in [0.3, 0.4) is 0 Å². The van der Waals surface area contributed by atoms with Crippen LogP contribution in [0.15, 0.2) is 48.5 Å². The first kappa shape index (κ1) is 34.5. The Kier molecular flexibility index (Phi) is 8.64. The Hall–Kier alpha value is -5.35. The molecule has 2 atom stereocenters. The molecule has 2 aliphatic rings. The Labute approximate surface area is 282 Å². The van der Waals surface area contributed by atoms with E-state index in [-0.39, 0.29) is 46.5 Å². The van der Waals surface area contributed by atoms with Gasteiger partial charge in [-0.2, -0.15) is 13.2 Å². The van der Waals surface area contributed by atoms with Crippen molar-refractivity contribution in [1.29, 1.82) is 0 Å². The molecule has 50 heavy (non-hydrogen) atoms. The fourth-order valence-electron chi connectivity index (χ4n) is 5.62. The van der Waals surface area contributed by atoms with Crippen molar-refractivity contribution < 1.29 is 46.5 Å². The average molecular weight is 697 g/mol. The fourth-order valence-corrected chi connectivity index (χ4v) is 5.62. The van der Waals surface area contributed by atoms with Gasteiger partial charge in [-0.3, -0.25) is 14.6 Å². The summed E-state index contributed by atoms with van der Waals surface area (Å²) in [5, 5.41) is 19.3. The summed E-state index contributed by atoms with van der Waals surface area (Å²) in [7, 11) is 0. The molecule has 16 heteroatoms. The minimum absolute atomic E-state index is 0.0561. The number of pyridine rings is 2. The van der Waals surface area contributed by atoms with Crippen molar-refractivity contribution in [3.05, 3.63) is 82.4 Å². The number of carbonyl (C=O) groups is 3. The van der Waals surface area contributed by atoms with Crippen molar-refractivity contribution in [3.63, 3.8) is 0 Å². The van der Waals surface area contributed by atoms with Crippen LogP contribution in [-0.4, -0.2) is 71.5 Å². The molecule has 1 fully saturated rings. The predicted octanol–water partition coefficient (Wildman–Crippen LogP) is 3.89. The van der Waals surface area contributed by atoms with E-state index in [1.165, 1.54) is 31.2 Å². The minimum Gasteiger partial charge on any atom is -0.489 e. The molecular weight excluding hydrogens is 664 g/mol. The van der Waals surface area contributed by atoms with E-state index in [2.05, 4.69) is 25.9 Å². The highest BCUT2D eigenvalue weighted by Crippen LogP contribution is 2.47. The molecule has 6 N–H and O–H groups in total. The molecule has 0 aliphatic carbocycles. The third-order valence-electron chi connectivity index (χ3n) is 8.98. The molecular formula is C34H32F4N6O6. The Bertz CT molecular complexity index is 2040. The molecule has 4 amide bonds. The number of rotatable bonds is 8. The van der Waals surface area contributed by atoms with Gasteiger partial charge >= 0.3 is 12.2 Å². The Morgan fingerprint density at radius 3 is 2.38 bits per heavy atom. The number of nitrogens with one attached hydrogen (secondary N) is 3. The molecule has 0 saturated carbocycles. The van der Waals surface area contributed by atoms with Crippen LogP contribution in [0.5, 0.6) is 5.75 Å². The summed E-state index contributed by atoms with van der Waals surface area (Å²) in [4.78, 5) is 47.4. The molecule has 1 saturated heterocycles. The Balaban J connectivity index is 1.38. The number of primary amides is 1. The van der Waals surface area contributed by atoms with E-state index >= 15 is 0 Å². The maximum absolute atomic E-state index is 14.9. The first-order chi connectivity index (χ1) is 23.5. The van der Waals surface area contributed by atoms with Gasteiger partial charge in [-0.1, -0.05) is 0 Å². The molecule has 2 aromatic carbocycles. The number of nitrogens with zero attached hydrogens (tertiary/aromatic N) is 2. The van der Waals surface area contributed by atoms with E-state index in [1.807, 2.05) is 0 Å². The van der Waals surface area contributed by atoms with Gasteiger partial charge in [0.05, 0.1) is 42.7 Å². The van der Waals surface area contributed by atoms with Crippen LogP contribution < -0.4 is 26.4 Å². The molecule has 4 heterocycles. The standard InChI is InChI=1S/C34H32F4N6O6/c1-16-8-19-9-20(10-24(26(19)41-17(16)2)43-31(47)42-22-12-49-13-22)29(45)40-14-33(48,34(36,37)38)25-11-23-28(50-15-32(23,3)30(39)46)27(44-25)18-4-6-21(35)7-5-18/h4-11,22,48H,12-15H2,1-3H3,(H2,39,46)(H,40,45)(H2,42,43,47)/t32-,33?/m0/s1. The largest absolute Gasteiger partial charge is 0.489 e. The van der Waals surface area contributed by atoms with E-state index in [4.69, 9.17) is 15.2 Å². The third kappa shape index (κ3) is 6.15. The number of hydrogen-bond acceptors (Lipinski definition) is 8. The number of carbonyl (C=O) groups excluding carboxylic acids is 3. The number of urea groups is 1. The summed E-state index contributed by atoms with van der Waals surface area (Å²) in [6.07, 6.45) is -5.41. The summed E-state index contributed by atoms with van der Waals surface area (Å²) in [6, 6.07) is 9.06. The second-order valence-corrected chi connectivity index (χ2v) is 12.6. The number of anilines is 1. The normalized spacial score (nSPS) is 18.4. The summed E-state index contributed by atoms with van der Waals surface area (Å²) in [5.41, 5.74) is 0.852. The van der Waals surface area contributed by atoms with Crippen molar-refractivity contribution in [2.24, 2.45) is 5.73 Å². The second kappa shape index (κ2) is 12.5. The molecule has 12 nitrogen and oxygen atoms in total. The number of hydrogen-bond donors (Lipinski definition) is 5. The zero-order chi connectivity index (χ0) is 36.2. The summed E-state index contributed by atoms with van der Waals surface area (Å²) < 4.78 is 69.2. The van der Waals surface area contributed by atoms with E-state index in [1.54, 1.807) is 19.9 Å². The van der Waals surface area contributed by atoms with Crippen LogP contribution in [0.25, 0.3) is 22.2 Å². The molecule has 1 unspecified atom stereocenters. The smallest absolute Gasteiger partial charge is 0.424 e. The maximum atomic E-state index is 14.9. The SMILES string of the molecule is Cc1cc2cc(C(=O)NCC(O)(c3cc4c(c(-c5ccc(F)cc5)n3)OC[C@]4(C)C(N)=O)C(F)(F)F)cc(NC(=O)NC3COC3)c2nc1C. The van der Waals surface area contributed by atoms with Gasteiger partial charge in [0.15, 0.2) is 0 Å². The number of fused-ring (bicyclic) bond motifs is 2. The van der Waals surface area contributed by atoms with Gasteiger partial charge in [-0.25, -0.2) is 14.2 Å². The highest BCUT2D eigenvalue weighted by Gasteiger charge is 2.57. The minimum atomic E-state index is -5.41. The monoisotopic (exact) mass is 696 g/mol. The molecule has 6 rings (SSSR count). The molecule has 0 spiro atoms. The lowest BCUT2D eigenvalue weighted by atomic mass is 9.81. The number of nitrogens with two attached hydrogens (primary N) is 1. The van der Waals surface area contributed by atoms with E-state index in [0.29, 0.717) is 29.8 Å². The van der Waals surface area contributed by atoms with Crippen molar-refractivity contribution in [2.45, 2.75) is 44.0 Å². The van der Waals surface area contributed by atoms with Crippen LogP contribution in [0.4, 0.5) is 28.0 Å². The first-order valence-electron chi connectivity index (χ1n) is 15.4. The molecule has 4 aromatic rings. The van der Waals surface area contributed by atoms with Crippen molar-refractivity contribution in [1.82, 2.24) is 20.6 Å². The highest BCUT2D eigenvalue weighted by molar-refractivity contribution is 6.06. The van der Waals surface area contributed by atoms with Crippen LogP contribution in [-0.2, 0) is 20.5 Å². The number of halogens is 4. The van der Waals surface area contributed by atoms with Crippen LogP contribution in [0.2, 0.25) is 0 Å². The number of amides is 4. The number of alkyl halides is 3. The first-order valence-corrected chi connectivity index (χ1v) is 15.4. The van der Waals surface area contributed by atoms with Crippen LogP contribution in [0.1, 0.15) is 39.8 Å². The number of ether oxygens (including phenoxy) is 2. The molecule has 0 bridgehead atoms. The maximum Gasteiger partial charge on any atom is 0.424 e. The average Bonchev–Trinajstić information content (AvgIpc) is 3.39. The van der Waals surface area contributed by atoms with Gasteiger partial charge in [0.25, 0.3) is 5.91 Å². The van der Waals surface area contributed by atoms with Crippen molar-refractivity contribution >= 4 is 34.4 Å². The van der Waals surface area contributed by atoms with Gasteiger partial charge in [-0.15, -0.1) is 0 Å². The number of aliphatic hydroxyl groups is 1.